The molecule has 0 radical (unpaired) electrons. The van der Waals surface area contributed by atoms with E-state index < -0.39 is 26.7 Å². The summed E-state index contributed by atoms with van der Waals surface area (Å²) in [5.41, 5.74) is 1.59. The molecule has 1 fully saturated rings. The number of hydrogen-bond acceptors (Lipinski definition) is 6. The summed E-state index contributed by atoms with van der Waals surface area (Å²) in [6, 6.07) is 13.0. The Kier molecular flexibility index (Phi) is 6.94. The van der Waals surface area contributed by atoms with Crippen LogP contribution in [0, 0.1) is 10.1 Å². The van der Waals surface area contributed by atoms with Gasteiger partial charge in [-0.2, -0.15) is 0 Å². The molecule has 1 atom stereocenters. The third-order valence-corrected chi connectivity index (χ3v) is 7.41. The van der Waals surface area contributed by atoms with E-state index in [1.165, 1.54) is 23.1 Å². The largest absolute Gasteiger partial charge is 0.372 e. The minimum atomic E-state index is -3.23. The molecule has 2 aromatic rings. The lowest BCUT2D eigenvalue weighted by atomic mass is 10.1. The van der Waals surface area contributed by atoms with Gasteiger partial charge in [-0.15, -0.1) is 0 Å². The lowest BCUT2D eigenvalue weighted by Gasteiger charge is -2.29. The Hall–Kier alpha value is -2.94. The van der Waals surface area contributed by atoms with Crippen LogP contribution in [0.4, 0.5) is 11.4 Å². The number of para-hydroxylation sites is 1. The lowest BCUT2D eigenvalue weighted by Crippen LogP contribution is -2.40. The number of amides is 1. The predicted molar refractivity (Wildman–Crippen MR) is 120 cm³/mol. The number of carbonyl (C=O) groups is 1. The van der Waals surface area contributed by atoms with Crippen LogP contribution in [0.2, 0.25) is 0 Å². The molecule has 1 aliphatic heterocycles. The van der Waals surface area contributed by atoms with E-state index >= 15 is 0 Å². The average Bonchev–Trinajstić information content (AvgIpc) is 3.12. The van der Waals surface area contributed by atoms with Gasteiger partial charge in [-0.25, -0.2) is 8.42 Å². The van der Waals surface area contributed by atoms with Crippen LogP contribution in [0.5, 0.6) is 0 Å². The third-order valence-electron chi connectivity index (χ3n) is 5.66. The zero-order valence-corrected chi connectivity index (χ0v) is 18.5. The van der Waals surface area contributed by atoms with Crippen molar-refractivity contribution in [2.75, 3.05) is 29.5 Å². The number of anilines is 1. The van der Waals surface area contributed by atoms with Crippen molar-refractivity contribution in [2.45, 2.75) is 32.9 Å². The summed E-state index contributed by atoms with van der Waals surface area (Å²) in [6.45, 7) is 6.08. The zero-order chi connectivity index (χ0) is 22.6. The second-order valence-corrected chi connectivity index (χ2v) is 9.83. The van der Waals surface area contributed by atoms with E-state index in [9.17, 15) is 23.3 Å². The molecule has 0 bridgehead atoms. The number of sulfone groups is 1. The molecule has 2 aromatic carbocycles. The SMILES string of the molecule is CCN(CC)c1ccc(CN(C(=O)c2ccccc2[N+](=O)[O-])C2CCS(=O)(=O)C2)cc1. The van der Waals surface area contributed by atoms with Crippen LogP contribution in [-0.2, 0) is 16.4 Å². The van der Waals surface area contributed by atoms with Gasteiger partial charge < -0.3 is 9.80 Å². The van der Waals surface area contributed by atoms with Crippen LogP contribution in [0.15, 0.2) is 48.5 Å². The summed E-state index contributed by atoms with van der Waals surface area (Å²) in [4.78, 5) is 27.9. The molecule has 1 saturated heterocycles. The van der Waals surface area contributed by atoms with E-state index in [4.69, 9.17) is 0 Å². The minimum absolute atomic E-state index is 0.0131. The van der Waals surface area contributed by atoms with Gasteiger partial charge in [0, 0.05) is 37.4 Å². The Morgan fingerprint density at radius 2 is 1.74 bits per heavy atom. The number of nitro benzene ring substituents is 1. The molecule has 9 heteroatoms. The van der Waals surface area contributed by atoms with Crippen molar-refractivity contribution in [2.24, 2.45) is 0 Å². The van der Waals surface area contributed by atoms with E-state index in [1.54, 1.807) is 6.07 Å². The first-order chi connectivity index (χ1) is 14.8. The fourth-order valence-corrected chi connectivity index (χ4v) is 5.68. The van der Waals surface area contributed by atoms with Gasteiger partial charge in [0.2, 0.25) is 0 Å². The van der Waals surface area contributed by atoms with Crippen molar-refractivity contribution >= 4 is 27.1 Å². The Bertz CT molecular complexity index is 1050. The van der Waals surface area contributed by atoms with Gasteiger partial charge in [0.1, 0.15) is 5.56 Å². The van der Waals surface area contributed by atoms with Gasteiger partial charge in [0.25, 0.3) is 11.6 Å². The molecule has 8 nitrogen and oxygen atoms in total. The lowest BCUT2D eigenvalue weighted by molar-refractivity contribution is -0.385. The fourth-order valence-electron chi connectivity index (χ4n) is 3.95. The molecule has 3 rings (SSSR count). The monoisotopic (exact) mass is 445 g/mol. The van der Waals surface area contributed by atoms with Crippen molar-refractivity contribution in [3.63, 3.8) is 0 Å². The zero-order valence-electron chi connectivity index (χ0n) is 17.7. The maximum absolute atomic E-state index is 13.4. The standard InChI is InChI=1S/C22H27N3O5S/c1-3-23(4-2)18-11-9-17(10-12-18)15-24(19-13-14-31(29,30)16-19)22(26)20-7-5-6-8-21(20)25(27)28/h5-12,19H,3-4,13-16H2,1-2H3. The summed E-state index contributed by atoms with van der Waals surface area (Å²) in [6.07, 6.45) is 0.326. The molecular weight excluding hydrogens is 418 g/mol. The molecule has 1 heterocycles. The minimum Gasteiger partial charge on any atom is -0.372 e. The quantitative estimate of drug-likeness (QED) is 0.457. The molecular formula is C22H27N3O5S. The van der Waals surface area contributed by atoms with Crippen molar-refractivity contribution in [1.29, 1.82) is 0 Å². The first-order valence-corrected chi connectivity index (χ1v) is 12.2. The molecule has 0 N–H and O–H groups in total. The van der Waals surface area contributed by atoms with Crippen molar-refractivity contribution in [3.05, 3.63) is 69.8 Å². The van der Waals surface area contributed by atoms with Crippen molar-refractivity contribution in [1.82, 2.24) is 4.90 Å². The fraction of sp³-hybridized carbons (Fsp3) is 0.409. The smallest absolute Gasteiger partial charge is 0.282 e. The number of carbonyl (C=O) groups excluding carboxylic acids is 1. The van der Waals surface area contributed by atoms with Crippen LogP contribution in [0.1, 0.15) is 36.2 Å². The third kappa shape index (κ3) is 5.22. The van der Waals surface area contributed by atoms with Gasteiger partial charge in [0.05, 0.1) is 16.4 Å². The van der Waals surface area contributed by atoms with E-state index in [0.29, 0.717) is 6.42 Å². The van der Waals surface area contributed by atoms with Crippen molar-refractivity contribution in [3.8, 4) is 0 Å². The molecule has 166 valence electrons. The van der Waals surface area contributed by atoms with E-state index in [1.807, 2.05) is 24.3 Å². The van der Waals surface area contributed by atoms with Crippen LogP contribution in [0.25, 0.3) is 0 Å². The maximum atomic E-state index is 13.4. The van der Waals surface area contributed by atoms with Gasteiger partial charge in [-0.3, -0.25) is 14.9 Å². The van der Waals surface area contributed by atoms with Gasteiger partial charge in [0.15, 0.2) is 9.84 Å². The normalized spacial score (nSPS) is 17.3. The average molecular weight is 446 g/mol. The molecule has 0 saturated carbocycles. The van der Waals surface area contributed by atoms with E-state index in [2.05, 4.69) is 18.7 Å². The van der Waals surface area contributed by atoms with Crippen molar-refractivity contribution < 1.29 is 18.1 Å². The molecule has 1 amide bonds. The Morgan fingerprint density at radius 3 is 2.29 bits per heavy atom. The molecule has 0 aromatic heterocycles. The van der Waals surface area contributed by atoms with Crippen LogP contribution in [-0.4, -0.2) is 54.8 Å². The topological polar surface area (TPSA) is 101 Å². The number of rotatable bonds is 8. The van der Waals surface area contributed by atoms with E-state index in [-0.39, 0.29) is 29.3 Å². The highest BCUT2D eigenvalue weighted by atomic mass is 32.2. The predicted octanol–water partition coefficient (Wildman–Crippen LogP) is 3.27. The first-order valence-electron chi connectivity index (χ1n) is 10.3. The highest BCUT2D eigenvalue weighted by molar-refractivity contribution is 7.91. The Morgan fingerprint density at radius 1 is 1.10 bits per heavy atom. The van der Waals surface area contributed by atoms with E-state index in [0.717, 1.165) is 24.3 Å². The second-order valence-electron chi connectivity index (χ2n) is 7.60. The molecule has 31 heavy (non-hydrogen) atoms. The maximum Gasteiger partial charge on any atom is 0.282 e. The number of nitrogens with zero attached hydrogens (tertiary/aromatic N) is 3. The van der Waals surface area contributed by atoms with Crippen LogP contribution >= 0.6 is 0 Å². The van der Waals surface area contributed by atoms with Gasteiger partial charge in [-0.05, 0) is 44.0 Å². The van der Waals surface area contributed by atoms with Crippen LogP contribution < -0.4 is 4.90 Å². The molecule has 1 aliphatic rings. The van der Waals surface area contributed by atoms with Gasteiger partial charge in [-0.1, -0.05) is 24.3 Å². The number of nitro groups is 1. The first kappa shape index (κ1) is 22.7. The summed E-state index contributed by atoms with van der Waals surface area (Å²) < 4.78 is 24.1. The summed E-state index contributed by atoms with van der Waals surface area (Å²) >= 11 is 0. The van der Waals surface area contributed by atoms with Gasteiger partial charge >= 0.3 is 0 Å². The highest BCUT2D eigenvalue weighted by Gasteiger charge is 2.36. The number of benzene rings is 2. The number of hydrogen-bond donors (Lipinski definition) is 0. The highest BCUT2D eigenvalue weighted by Crippen LogP contribution is 2.26. The van der Waals surface area contributed by atoms with Crippen LogP contribution in [0.3, 0.4) is 0 Å². The molecule has 0 aliphatic carbocycles. The summed E-state index contributed by atoms with van der Waals surface area (Å²) in [5.74, 6) is -0.641. The summed E-state index contributed by atoms with van der Waals surface area (Å²) in [7, 11) is -3.23. The summed E-state index contributed by atoms with van der Waals surface area (Å²) in [5, 5.41) is 11.4. The molecule has 0 spiro atoms. The Labute approximate surface area is 182 Å². The Balaban J connectivity index is 1.93. The molecule has 1 unspecified atom stereocenters. The second kappa shape index (κ2) is 9.47.